The molecule has 0 amide bonds. The Morgan fingerprint density at radius 3 is 1.63 bits per heavy atom. The standard InChI is InChI=1S/C55H38N2/c1-5-18-39(19-6-1)40-32-34-44(35-33-40)56(45-36-37-47-46-26-14-16-30-51(46)57(53(47)38-45)43-24-11-4-12-25-43)52-31-17-29-50-54(52)48-27-13-15-28-49(48)55(50,41-20-7-2-8-21-41)42-22-9-3-10-23-42/h1-38H. The van der Waals surface area contributed by atoms with Crippen molar-refractivity contribution >= 4 is 38.9 Å². The molecule has 0 radical (unpaired) electrons. The molecule has 11 rings (SSSR count). The van der Waals surface area contributed by atoms with Gasteiger partial charge in [0.2, 0.25) is 0 Å². The zero-order chi connectivity index (χ0) is 37.8. The molecule has 0 aliphatic heterocycles. The van der Waals surface area contributed by atoms with Crippen molar-refractivity contribution in [2.75, 3.05) is 4.90 Å². The number of aromatic nitrogens is 1. The van der Waals surface area contributed by atoms with Crippen LogP contribution in [-0.2, 0) is 5.41 Å². The Labute approximate surface area is 333 Å². The van der Waals surface area contributed by atoms with Gasteiger partial charge in [0, 0.05) is 33.4 Å². The summed E-state index contributed by atoms with van der Waals surface area (Å²) in [4.78, 5) is 2.48. The maximum atomic E-state index is 2.48. The predicted molar refractivity (Wildman–Crippen MR) is 238 cm³/mol. The number of hydrogen-bond donors (Lipinski definition) is 0. The summed E-state index contributed by atoms with van der Waals surface area (Å²) in [5.74, 6) is 0. The quantitative estimate of drug-likeness (QED) is 0.159. The Bertz CT molecular complexity index is 3000. The van der Waals surface area contributed by atoms with E-state index in [0.717, 1.165) is 22.7 Å². The third-order valence-corrected chi connectivity index (χ3v) is 11.9. The van der Waals surface area contributed by atoms with E-state index in [0.29, 0.717) is 0 Å². The summed E-state index contributed by atoms with van der Waals surface area (Å²) in [6.07, 6.45) is 0. The second-order valence-electron chi connectivity index (χ2n) is 14.9. The Balaban J connectivity index is 1.21. The van der Waals surface area contributed by atoms with Crippen molar-refractivity contribution in [3.8, 4) is 27.9 Å². The van der Waals surface area contributed by atoms with Gasteiger partial charge in [0.05, 0.1) is 22.1 Å². The van der Waals surface area contributed by atoms with E-state index in [1.807, 2.05) is 0 Å². The van der Waals surface area contributed by atoms with Crippen LogP contribution < -0.4 is 4.90 Å². The lowest BCUT2D eigenvalue weighted by Crippen LogP contribution is -2.28. The fraction of sp³-hybridized carbons (Fsp3) is 0.0182. The first kappa shape index (κ1) is 33.0. The molecule has 9 aromatic carbocycles. The van der Waals surface area contributed by atoms with Gasteiger partial charge in [-0.2, -0.15) is 0 Å². The van der Waals surface area contributed by atoms with Gasteiger partial charge >= 0.3 is 0 Å². The van der Waals surface area contributed by atoms with Crippen LogP contribution in [0.25, 0.3) is 49.7 Å². The second kappa shape index (κ2) is 13.4. The summed E-state index contributed by atoms with van der Waals surface area (Å²) in [5.41, 5.74) is 16.3. The van der Waals surface area contributed by atoms with Crippen LogP contribution in [0.1, 0.15) is 22.3 Å². The van der Waals surface area contributed by atoms with E-state index < -0.39 is 5.41 Å². The number of nitrogens with zero attached hydrogens (tertiary/aromatic N) is 2. The van der Waals surface area contributed by atoms with E-state index in [4.69, 9.17) is 0 Å². The lowest BCUT2D eigenvalue weighted by atomic mass is 9.68. The van der Waals surface area contributed by atoms with Crippen molar-refractivity contribution in [2.45, 2.75) is 5.41 Å². The number of benzene rings is 9. The minimum atomic E-state index is -0.503. The zero-order valence-corrected chi connectivity index (χ0v) is 31.3. The average Bonchev–Trinajstić information content (AvgIpc) is 3.79. The predicted octanol–water partition coefficient (Wildman–Crippen LogP) is 14.3. The van der Waals surface area contributed by atoms with E-state index in [9.17, 15) is 0 Å². The molecule has 0 saturated carbocycles. The van der Waals surface area contributed by atoms with Gasteiger partial charge < -0.3 is 9.47 Å². The van der Waals surface area contributed by atoms with E-state index in [-0.39, 0.29) is 0 Å². The smallest absolute Gasteiger partial charge is 0.0714 e. The molecule has 2 heteroatoms. The van der Waals surface area contributed by atoms with Crippen LogP contribution >= 0.6 is 0 Å². The molecule has 0 fully saturated rings. The fourth-order valence-corrected chi connectivity index (χ4v) is 9.47. The molecule has 0 N–H and O–H groups in total. The normalized spacial score (nSPS) is 12.7. The van der Waals surface area contributed by atoms with E-state index in [1.54, 1.807) is 0 Å². The molecule has 268 valence electrons. The molecule has 1 heterocycles. The third kappa shape index (κ3) is 5.11. The highest BCUT2D eigenvalue weighted by Crippen LogP contribution is 2.59. The first-order chi connectivity index (χ1) is 28.3. The lowest BCUT2D eigenvalue weighted by Gasteiger charge is -2.34. The van der Waals surface area contributed by atoms with Crippen molar-refractivity contribution in [1.29, 1.82) is 0 Å². The van der Waals surface area contributed by atoms with Crippen LogP contribution in [0.15, 0.2) is 231 Å². The van der Waals surface area contributed by atoms with Crippen molar-refractivity contribution in [1.82, 2.24) is 4.57 Å². The Hall–Kier alpha value is -7.42. The molecule has 1 aliphatic rings. The molecule has 0 spiro atoms. The van der Waals surface area contributed by atoms with Gasteiger partial charge in [0.1, 0.15) is 0 Å². The van der Waals surface area contributed by atoms with E-state index in [1.165, 1.54) is 66.3 Å². The number of fused-ring (bicyclic) bond motifs is 6. The second-order valence-corrected chi connectivity index (χ2v) is 14.9. The van der Waals surface area contributed by atoms with Crippen LogP contribution in [0.5, 0.6) is 0 Å². The number of anilines is 3. The SMILES string of the molecule is c1ccc(-c2ccc(N(c3ccc4c5ccccc5n(-c5ccccc5)c4c3)c3cccc4c3-c3ccccc3C4(c3ccccc3)c3ccccc3)cc2)cc1. The Kier molecular flexibility index (Phi) is 7.75. The maximum absolute atomic E-state index is 2.48. The highest BCUT2D eigenvalue weighted by atomic mass is 15.1. The first-order valence-electron chi connectivity index (χ1n) is 19.7. The monoisotopic (exact) mass is 726 g/mol. The van der Waals surface area contributed by atoms with Crippen LogP contribution in [0.4, 0.5) is 17.1 Å². The summed E-state index contributed by atoms with van der Waals surface area (Å²) in [7, 11) is 0. The molecule has 2 nitrogen and oxygen atoms in total. The third-order valence-electron chi connectivity index (χ3n) is 11.9. The van der Waals surface area contributed by atoms with Gasteiger partial charge in [0.15, 0.2) is 0 Å². The van der Waals surface area contributed by atoms with Crippen LogP contribution in [0, 0.1) is 0 Å². The summed E-state index contributed by atoms with van der Waals surface area (Å²) in [6, 6.07) is 84.2. The van der Waals surface area contributed by atoms with Gasteiger partial charge in [0.25, 0.3) is 0 Å². The summed E-state index contributed by atoms with van der Waals surface area (Å²) in [5, 5.41) is 2.47. The van der Waals surface area contributed by atoms with Crippen molar-refractivity contribution in [3.05, 3.63) is 253 Å². The van der Waals surface area contributed by atoms with Crippen molar-refractivity contribution in [2.24, 2.45) is 0 Å². The van der Waals surface area contributed by atoms with Crippen molar-refractivity contribution < 1.29 is 0 Å². The molecule has 10 aromatic rings. The zero-order valence-electron chi connectivity index (χ0n) is 31.3. The number of hydrogen-bond acceptors (Lipinski definition) is 1. The molecule has 57 heavy (non-hydrogen) atoms. The Morgan fingerprint density at radius 2 is 0.912 bits per heavy atom. The maximum Gasteiger partial charge on any atom is 0.0714 e. The summed E-state index contributed by atoms with van der Waals surface area (Å²) in [6.45, 7) is 0. The molecule has 1 aliphatic carbocycles. The van der Waals surface area contributed by atoms with E-state index in [2.05, 4.69) is 240 Å². The summed E-state index contributed by atoms with van der Waals surface area (Å²) < 4.78 is 2.41. The lowest BCUT2D eigenvalue weighted by molar-refractivity contribution is 0.768. The fourth-order valence-electron chi connectivity index (χ4n) is 9.47. The summed E-state index contributed by atoms with van der Waals surface area (Å²) >= 11 is 0. The first-order valence-corrected chi connectivity index (χ1v) is 19.7. The molecule has 0 saturated heterocycles. The van der Waals surface area contributed by atoms with Crippen LogP contribution in [-0.4, -0.2) is 4.57 Å². The van der Waals surface area contributed by atoms with Crippen molar-refractivity contribution in [3.63, 3.8) is 0 Å². The van der Waals surface area contributed by atoms with Gasteiger partial charge in [-0.1, -0.05) is 182 Å². The van der Waals surface area contributed by atoms with Gasteiger partial charge in [-0.05, 0) is 87.5 Å². The minimum Gasteiger partial charge on any atom is -0.310 e. The van der Waals surface area contributed by atoms with Gasteiger partial charge in [-0.3, -0.25) is 0 Å². The highest BCUT2D eigenvalue weighted by molar-refractivity contribution is 6.10. The van der Waals surface area contributed by atoms with Gasteiger partial charge in [-0.25, -0.2) is 0 Å². The number of para-hydroxylation sites is 2. The number of rotatable bonds is 7. The largest absolute Gasteiger partial charge is 0.310 e. The molecule has 0 atom stereocenters. The molecule has 0 unspecified atom stereocenters. The van der Waals surface area contributed by atoms with E-state index >= 15 is 0 Å². The topological polar surface area (TPSA) is 8.17 Å². The molecular weight excluding hydrogens is 689 g/mol. The minimum absolute atomic E-state index is 0.503. The van der Waals surface area contributed by atoms with Gasteiger partial charge in [-0.15, -0.1) is 0 Å². The molecule has 0 bridgehead atoms. The Morgan fingerprint density at radius 1 is 0.368 bits per heavy atom. The molecule has 1 aromatic heterocycles. The van der Waals surface area contributed by atoms with Crippen LogP contribution in [0.2, 0.25) is 0 Å². The molecular formula is C55H38N2. The average molecular weight is 727 g/mol. The highest BCUT2D eigenvalue weighted by Gasteiger charge is 2.47. The van der Waals surface area contributed by atoms with Crippen LogP contribution in [0.3, 0.4) is 0 Å².